The standard InChI is InChI=1S/C10H18O4.C6H14O6.C5H9NO4/c11-9(12)7-5-3-1-2-4-6-8-10(13)14;7-1-3(9)5(11)6(12)4(10)2-8;6-3(5(9)10)1-2-4(7)8/h1-8H2,(H,11,12)(H,13,14);3-12H,1-2H2;3H,1-2,6H2,(H,7,8)(H,9,10). The molecule has 0 saturated carbocycles. The molecular formula is C21H41NO14. The van der Waals surface area contributed by atoms with Crippen LogP contribution in [-0.4, -0.2) is 119 Å². The molecule has 0 aromatic heterocycles. The predicted molar refractivity (Wildman–Crippen MR) is 123 cm³/mol. The molecule has 0 saturated heterocycles. The van der Waals surface area contributed by atoms with Crippen LogP contribution in [0.1, 0.15) is 64.2 Å². The van der Waals surface area contributed by atoms with E-state index in [-0.39, 0.29) is 25.7 Å². The lowest BCUT2D eigenvalue weighted by atomic mass is 10.0. The van der Waals surface area contributed by atoms with Crippen molar-refractivity contribution in [2.24, 2.45) is 5.73 Å². The van der Waals surface area contributed by atoms with Gasteiger partial charge in [-0.15, -0.1) is 0 Å². The highest BCUT2D eigenvalue weighted by molar-refractivity contribution is 5.74. The fourth-order valence-electron chi connectivity index (χ4n) is 2.33. The van der Waals surface area contributed by atoms with Gasteiger partial charge in [-0.2, -0.15) is 0 Å². The highest BCUT2D eigenvalue weighted by Crippen LogP contribution is 2.08. The van der Waals surface area contributed by atoms with E-state index in [1.165, 1.54) is 0 Å². The van der Waals surface area contributed by atoms with E-state index >= 15 is 0 Å². The molecule has 0 bridgehead atoms. The van der Waals surface area contributed by atoms with Crippen LogP contribution < -0.4 is 5.73 Å². The molecule has 0 radical (unpaired) electrons. The number of hydrogen-bond donors (Lipinski definition) is 11. The number of carbonyl (C=O) groups is 4. The van der Waals surface area contributed by atoms with Gasteiger partial charge in [-0.1, -0.05) is 25.7 Å². The molecule has 0 aromatic carbocycles. The Hall–Kier alpha value is -2.40. The molecule has 15 heteroatoms. The Kier molecular flexibility index (Phi) is 25.7. The Labute approximate surface area is 208 Å². The average Bonchev–Trinajstić information content (AvgIpc) is 2.82. The molecule has 0 heterocycles. The number of nitrogens with two attached hydrogens (primary N) is 1. The van der Waals surface area contributed by atoms with Crippen molar-refractivity contribution in [1.82, 2.24) is 0 Å². The Bertz CT molecular complexity index is 569. The average molecular weight is 532 g/mol. The van der Waals surface area contributed by atoms with Gasteiger partial charge in [-0.25, -0.2) is 0 Å². The molecule has 5 atom stereocenters. The van der Waals surface area contributed by atoms with E-state index in [1.807, 2.05) is 0 Å². The van der Waals surface area contributed by atoms with E-state index in [1.54, 1.807) is 0 Å². The van der Waals surface area contributed by atoms with Crippen molar-refractivity contribution in [1.29, 1.82) is 0 Å². The van der Waals surface area contributed by atoms with Crippen molar-refractivity contribution in [3.05, 3.63) is 0 Å². The lowest BCUT2D eigenvalue weighted by Gasteiger charge is -2.24. The van der Waals surface area contributed by atoms with Crippen LogP contribution in [-0.2, 0) is 19.2 Å². The summed E-state index contributed by atoms with van der Waals surface area (Å²) in [6, 6.07) is -1.06. The minimum atomic E-state index is -1.67. The molecule has 0 aliphatic carbocycles. The summed E-state index contributed by atoms with van der Waals surface area (Å²) in [6.45, 7) is -1.45. The van der Waals surface area contributed by atoms with Crippen LogP contribution in [0.3, 0.4) is 0 Å². The number of aliphatic hydroxyl groups excluding tert-OH is 6. The van der Waals surface area contributed by atoms with Gasteiger partial charge in [-0.3, -0.25) is 19.2 Å². The molecule has 0 aliphatic rings. The number of hydrogen-bond acceptors (Lipinski definition) is 11. The fraction of sp³-hybridized carbons (Fsp3) is 0.810. The molecule has 214 valence electrons. The van der Waals surface area contributed by atoms with Crippen LogP contribution in [0, 0.1) is 0 Å². The van der Waals surface area contributed by atoms with Gasteiger partial charge in [0, 0.05) is 19.3 Å². The lowest BCUT2D eigenvalue weighted by Crippen LogP contribution is -2.46. The summed E-state index contributed by atoms with van der Waals surface area (Å²) >= 11 is 0. The predicted octanol–water partition coefficient (Wildman–Crippen LogP) is -2.05. The zero-order chi connectivity index (χ0) is 28.7. The molecule has 0 aliphatic heterocycles. The van der Waals surface area contributed by atoms with Gasteiger partial charge < -0.3 is 56.8 Å². The minimum absolute atomic E-state index is 0.0231. The highest BCUT2D eigenvalue weighted by Gasteiger charge is 2.29. The first-order valence-electron chi connectivity index (χ1n) is 11.3. The summed E-state index contributed by atoms with van der Waals surface area (Å²) in [5.74, 6) is -3.68. The van der Waals surface area contributed by atoms with Crippen LogP contribution in [0.25, 0.3) is 0 Å². The lowest BCUT2D eigenvalue weighted by molar-refractivity contribution is -0.140. The highest BCUT2D eigenvalue weighted by atomic mass is 16.4. The van der Waals surface area contributed by atoms with Crippen molar-refractivity contribution in [2.75, 3.05) is 13.2 Å². The molecule has 36 heavy (non-hydrogen) atoms. The van der Waals surface area contributed by atoms with Crippen molar-refractivity contribution in [3.63, 3.8) is 0 Å². The van der Waals surface area contributed by atoms with Crippen LogP contribution >= 0.6 is 0 Å². The molecule has 12 N–H and O–H groups in total. The topological polar surface area (TPSA) is 297 Å². The third kappa shape index (κ3) is 26.2. The molecule has 5 unspecified atom stereocenters. The van der Waals surface area contributed by atoms with Gasteiger partial charge in [0.2, 0.25) is 0 Å². The third-order valence-corrected chi connectivity index (χ3v) is 4.53. The first-order chi connectivity index (χ1) is 16.7. The van der Waals surface area contributed by atoms with E-state index in [9.17, 15) is 19.2 Å². The minimum Gasteiger partial charge on any atom is -0.481 e. The van der Waals surface area contributed by atoms with E-state index in [0.717, 1.165) is 38.5 Å². The van der Waals surface area contributed by atoms with Gasteiger partial charge in [0.05, 0.1) is 13.2 Å². The number of carboxylic acids is 4. The largest absolute Gasteiger partial charge is 0.481 e. The number of unbranched alkanes of at least 4 members (excludes halogenated alkanes) is 5. The maximum atomic E-state index is 10.1. The number of aliphatic hydroxyl groups is 6. The van der Waals surface area contributed by atoms with Crippen molar-refractivity contribution in [2.45, 2.75) is 94.7 Å². The Morgan fingerprint density at radius 2 is 0.861 bits per heavy atom. The van der Waals surface area contributed by atoms with E-state index < -0.39 is 67.5 Å². The number of rotatable bonds is 18. The summed E-state index contributed by atoms with van der Waals surface area (Å²) in [5.41, 5.74) is 5.00. The zero-order valence-electron chi connectivity index (χ0n) is 20.1. The van der Waals surface area contributed by atoms with Crippen molar-refractivity contribution in [3.8, 4) is 0 Å². The normalized spacial score (nSPS) is 14.5. The Balaban J connectivity index is -0.000000460. The number of aliphatic carboxylic acids is 4. The quantitative estimate of drug-likeness (QED) is 0.0848. The molecule has 0 rings (SSSR count). The van der Waals surface area contributed by atoms with Crippen molar-refractivity contribution < 1.29 is 70.2 Å². The third-order valence-electron chi connectivity index (χ3n) is 4.53. The summed E-state index contributed by atoms with van der Waals surface area (Å²) in [6.07, 6.45) is -0.791. The summed E-state index contributed by atoms with van der Waals surface area (Å²) < 4.78 is 0. The van der Waals surface area contributed by atoms with Gasteiger partial charge in [0.25, 0.3) is 0 Å². The zero-order valence-corrected chi connectivity index (χ0v) is 20.1. The molecule has 0 spiro atoms. The van der Waals surface area contributed by atoms with Crippen molar-refractivity contribution >= 4 is 23.9 Å². The van der Waals surface area contributed by atoms with Crippen LogP contribution in [0.2, 0.25) is 0 Å². The van der Waals surface area contributed by atoms with E-state index in [0.29, 0.717) is 0 Å². The first-order valence-corrected chi connectivity index (χ1v) is 11.3. The van der Waals surface area contributed by atoms with Crippen LogP contribution in [0.5, 0.6) is 0 Å². The SMILES string of the molecule is NC(CCC(=O)O)C(=O)O.O=C(O)CCCCCCCCC(=O)O.OCC(O)C(O)C(O)C(O)CO. The van der Waals surface area contributed by atoms with Gasteiger partial charge in [-0.05, 0) is 19.3 Å². The maximum absolute atomic E-state index is 10.1. The summed E-state index contributed by atoms with van der Waals surface area (Å²) in [5, 5.41) is 85.1. The van der Waals surface area contributed by atoms with Gasteiger partial charge >= 0.3 is 23.9 Å². The number of carboxylic acid groups (broad SMARTS) is 4. The maximum Gasteiger partial charge on any atom is 0.320 e. The van der Waals surface area contributed by atoms with E-state index in [4.69, 9.17) is 56.8 Å². The van der Waals surface area contributed by atoms with Gasteiger partial charge in [0.1, 0.15) is 30.5 Å². The second-order valence-electron chi connectivity index (χ2n) is 7.77. The molecule has 0 fully saturated rings. The second-order valence-corrected chi connectivity index (χ2v) is 7.77. The Morgan fingerprint density at radius 1 is 0.556 bits per heavy atom. The molecule has 15 nitrogen and oxygen atoms in total. The fourth-order valence-corrected chi connectivity index (χ4v) is 2.33. The smallest absolute Gasteiger partial charge is 0.320 e. The second kappa shape index (κ2) is 24.3. The molecule has 0 amide bonds. The Morgan fingerprint density at radius 3 is 1.11 bits per heavy atom. The van der Waals surface area contributed by atoms with E-state index in [2.05, 4.69) is 0 Å². The summed E-state index contributed by atoms with van der Waals surface area (Å²) in [4.78, 5) is 40.2. The van der Waals surface area contributed by atoms with Crippen LogP contribution in [0.4, 0.5) is 0 Å². The first kappa shape index (κ1) is 38.1. The molecular weight excluding hydrogens is 490 g/mol. The monoisotopic (exact) mass is 531 g/mol. The van der Waals surface area contributed by atoms with Gasteiger partial charge in [0.15, 0.2) is 0 Å². The van der Waals surface area contributed by atoms with Crippen LogP contribution in [0.15, 0.2) is 0 Å². The summed E-state index contributed by atoms with van der Waals surface area (Å²) in [7, 11) is 0. The molecule has 0 aromatic rings.